The average molecular weight is 299 g/mol. The van der Waals surface area contributed by atoms with Gasteiger partial charge < -0.3 is 5.73 Å². The van der Waals surface area contributed by atoms with Crippen molar-refractivity contribution >= 4 is 0 Å². The summed E-state index contributed by atoms with van der Waals surface area (Å²) < 4.78 is 38.2. The average Bonchev–Trinajstić information content (AvgIpc) is 2.37. The highest BCUT2D eigenvalue weighted by atomic mass is 19.4. The van der Waals surface area contributed by atoms with E-state index in [-0.39, 0.29) is 6.04 Å². The lowest BCUT2D eigenvalue weighted by Crippen LogP contribution is -2.32. The van der Waals surface area contributed by atoms with E-state index in [2.05, 4.69) is 0 Å². The molecule has 1 aromatic rings. The molecular weight excluding hydrogens is 275 g/mol. The predicted molar refractivity (Wildman–Crippen MR) is 78.9 cm³/mol. The lowest BCUT2D eigenvalue weighted by Gasteiger charge is -2.26. The maximum Gasteiger partial charge on any atom is 0.416 e. The van der Waals surface area contributed by atoms with Crippen LogP contribution in [0.4, 0.5) is 13.2 Å². The molecule has 0 bridgehead atoms. The second-order valence-electron chi connectivity index (χ2n) is 6.17. The smallest absolute Gasteiger partial charge is 0.327 e. The summed E-state index contributed by atoms with van der Waals surface area (Å²) in [6, 6.07) is 5.54. The maximum atomic E-state index is 12.7. The van der Waals surface area contributed by atoms with E-state index in [0.29, 0.717) is 17.9 Å². The van der Waals surface area contributed by atoms with Crippen LogP contribution in [0.2, 0.25) is 0 Å². The molecule has 4 heteroatoms. The zero-order valence-corrected chi connectivity index (χ0v) is 12.3. The SMILES string of the molecule is NC(Cc1cccc(C(F)(F)F)c1)C1CCCCCCC1. The summed E-state index contributed by atoms with van der Waals surface area (Å²) in [5.74, 6) is 0.444. The number of hydrogen-bond acceptors (Lipinski definition) is 1. The lowest BCUT2D eigenvalue weighted by molar-refractivity contribution is -0.137. The van der Waals surface area contributed by atoms with Crippen molar-refractivity contribution in [1.29, 1.82) is 0 Å². The van der Waals surface area contributed by atoms with Gasteiger partial charge in [-0.3, -0.25) is 0 Å². The van der Waals surface area contributed by atoms with E-state index in [1.54, 1.807) is 6.07 Å². The first-order chi connectivity index (χ1) is 9.97. The largest absolute Gasteiger partial charge is 0.416 e. The Morgan fingerprint density at radius 2 is 1.67 bits per heavy atom. The van der Waals surface area contributed by atoms with Crippen LogP contribution in [0.1, 0.15) is 56.1 Å². The fourth-order valence-corrected chi connectivity index (χ4v) is 3.23. The summed E-state index contributed by atoms with van der Waals surface area (Å²) in [6.45, 7) is 0. The normalized spacial score (nSPS) is 19.8. The van der Waals surface area contributed by atoms with Crippen molar-refractivity contribution in [3.05, 3.63) is 35.4 Å². The molecule has 1 aromatic carbocycles. The van der Waals surface area contributed by atoms with Crippen molar-refractivity contribution in [3.8, 4) is 0 Å². The van der Waals surface area contributed by atoms with Gasteiger partial charge in [-0.15, -0.1) is 0 Å². The van der Waals surface area contributed by atoms with Gasteiger partial charge in [0.2, 0.25) is 0 Å². The van der Waals surface area contributed by atoms with E-state index >= 15 is 0 Å². The summed E-state index contributed by atoms with van der Waals surface area (Å²) >= 11 is 0. The molecule has 0 aliphatic heterocycles. The van der Waals surface area contributed by atoms with Gasteiger partial charge >= 0.3 is 6.18 Å². The quantitative estimate of drug-likeness (QED) is 0.841. The second-order valence-corrected chi connectivity index (χ2v) is 6.17. The van der Waals surface area contributed by atoms with E-state index in [1.165, 1.54) is 44.2 Å². The van der Waals surface area contributed by atoms with E-state index < -0.39 is 11.7 Å². The van der Waals surface area contributed by atoms with Crippen LogP contribution in [0.3, 0.4) is 0 Å². The van der Waals surface area contributed by atoms with E-state index in [1.807, 2.05) is 0 Å². The Labute approximate surface area is 124 Å². The predicted octanol–water partition coefficient (Wildman–Crippen LogP) is 4.94. The van der Waals surface area contributed by atoms with Crippen molar-refractivity contribution in [2.75, 3.05) is 0 Å². The van der Waals surface area contributed by atoms with Crippen molar-refractivity contribution in [1.82, 2.24) is 0 Å². The molecule has 118 valence electrons. The third kappa shape index (κ3) is 5.03. The van der Waals surface area contributed by atoms with Crippen LogP contribution < -0.4 is 5.73 Å². The molecule has 21 heavy (non-hydrogen) atoms. The van der Waals surface area contributed by atoms with Gasteiger partial charge in [-0.25, -0.2) is 0 Å². The van der Waals surface area contributed by atoms with Gasteiger partial charge in [-0.1, -0.05) is 50.3 Å². The van der Waals surface area contributed by atoms with Gasteiger partial charge in [0, 0.05) is 6.04 Å². The van der Waals surface area contributed by atoms with Crippen LogP contribution in [0.5, 0.6) is 0 Å². The van der Waals surface area contributed by atoms with Gasteiger partial charge in [0.25, 0.3) is 0 Å². The van der Waals surface area contributed by atoms with Gasteiger partial charge in [0.05, 0.1) is 5.56 Å². The van der Waals surface area contributed by atoms with Gasteiger partial charge in [0.15, 0.2) is 0 Å². The maximum absolute atomic E-state index is 12.7. The molecular formula is C17H24F3N. The van der Waals surface area contributed by atoms with Gasteiger partial charge in [0.1, 0.15) is 0 Å². The minimum Gasteiger partial charge on any atom is -0.327 e. The number of benzene rings is 1. The van der Waals surface area contributed by atoms with Crippen LogP contribution in [-0.2, 0) is 12.6 Å². The summed E-state index contributed by atoms with van der Waals surface area (Å²) in [4.78, 5) is 0. The first-order valence-electron chi connectivity index (χ1n) is 7.88. The Kier molecular flexibility index (Phi) is 5.68. The molecule has 0 amide bonds. The van der Waals surface area contributed by atoms with Crippen molar-refractivity contribution < 1.29 is 13.2 Å². The molecule has 0 radical (unpaired) electrons. The monoisotopic (exact) mass is 299 g/mol. The number of halogens is 3. The molecule has 1 atom stereocenters. The minimum atomic E-state index is -4.28. The topological polar surface area (TPSA) is 26.0 Å². The Morgan fingerprint density at radius 1 is 1.05 bits per heavy atom. The first-order valence-corrected chi connectivity index (χ1v) is 7.88. The number of alkyl halides is 3. The third-order valence-electron chi connectivity index (χ3n) is 4.48. The van der Waals surface area contributed by atoms with Crippen molar-refractivity contribution in [3.63, 3.8) is 0 Å². The standard InChI is InChI=1S/C17H24F3N/c18-17(19,20)15-10-6-7-13(11-15)12-16(21)14-8-4-2-1-3-5-9-14/h6-7,10-11,14,16H,1-5,8-9,12,21H2. The Hall–Kier alpha value is -1.03. The molecule has 0 aromatic heterocycles. The molecule has 2 N–H and O–H groups in total. The fraction of sp³-hybridized carbons (Fsp3) is 0.647. The zero-order valence-electron chi connectivity index (χ0n) is 12.3. The number of hydrogen-bond donors (Lipinski definition) is 1. The van der Waals surface area contributed by atoms with Gasteiger partial charge in [-0.05, 0) is 36.8 Å². The lowest BCUT2D eigenvalue weighted by atomic mass is 9.83. The second kappa shape index (κ2) is 7.30. The van der Waals surface area contributed by atoms with Crippen LogP contribution in [-0.4, -0.2) is 6.04 Å². The Morgan fingerprint density at radius 3 is 2.29 bits per heavy atom. The van der Waals surface area contributed by atoms with Crippen molar-refractivity contribution in [2.24, 2.45) is 11.7 Å². The Bertz CT molecular complexity index is 434. The van der Waals surface area contributed by atoms with Crippen LogP contribution in [0.25, 0.3) is 0 Å². The van der Waals surface area contributed by atoms with Crippen LogP contribution >= 0.6 is 0 Å². The first kappa shape index (κ1) is 16.3. The summed E-state index contributed by atoms with van der Waals surface area (Å²) in [5.41, 5.74) is 6.39. The highest BCUT2D eigenvalue weighted by Crippen LogP contribution is 2.30. The molecule has 1 aliphatic rings. The summed E-state index contributed by atoms with van der Waals surface area (Å²) in [5, 5.41) is 0. The number of rotatable bonds is 3. The highest BCUT2D eigenvalue weighted by molar-refractivity contribution is 5.26. The molecule has 1 unspecified atom stereocenters. The van der Waals surface area contributed by atoms with Crippen LogP contribution in [0.15, 0.2) is 24.3 Å². The van der Waals surface area contributed by atoms with E-state index in [0.717, 1.165) is 18.9 Å². The molecule has 0 saturated heterocycles. The molecule has 1 nitrogen and oxygen atoms in total. The van der Waals surface area contributed by atoms with E-state index in [9.17, 15) is 13.2 Å². The Balaban J connectivity index is 1.99. The molecule has 1 aliphatic carbocycles. The molecule has 1 fully saturated rings. The molecule has 0 heterocycles. The third-order valence-corrected chi connectivity index (χ3v) is 4.48. The summed E-state index contributed by atoms with van der Waals surface area (Å²) in [6.07, 6.45) is 4.69. The minimum absolute atomic E-state index is 0.0356. The van der Waals surface area contributed by atoms with E-state index in [4.69, 9.17) is 5.73 Å². The number of nitrogens with two attached hydrogens (primary N) is 1. The van der Waals surface area contributed by atoms with Crippen LogP contribution in [0, 0.1) is 5.92 Å². The fourth-order valence-electron chi connectivity index (χ4n) is 3.23. The molecule has 2 rings (SSSR count). The highest BCUT2D eigenvalue weighted by Gasteiger charge is 2.30. The molecule has 1 saturated carbocycles. The van der Waals surface area contributed by atoms with Gasteiger partial charge in [-0.2, -0.15) is 13.2 Å². The molecule has 0 spiro atoms. The summed E-state index contributed by atoms with van der Waals surface area (Å²) in [7, 11) is 0. The zero-order chi connectivity index (χ0) is 15.3. The van der Waals surface area contributed by atoms with Crippen molar-refractivity contribution in [2.45, 2.75) is 63.6 Å².